The molecule has 0 fully saturated rings. The molecule has 0 radical (unpaired) electrons. The summed E-state index contributed by atoms with van der Waals surface area (Å²) in [4.78, 5) is 18.9. The minimum absolute atomic E-state index is 0.0958. The highest BCUT2D eigenvalue weighted by Crippen LogP contribution is 2.24. The monoisotopic (exact) mass is 260 g/mol. The van der Waals surface area contributed by atoms with E-state index in [4.69, 9.17) is 0 Å². The Morgan fingerprint density at radius 1 is 1.21 bits per heavy atom. The van der Waals surface area contributed by atoms with Gasteiger partial charge in [0.2, 0.25) is 0 Å². The molecule has 0 unspecified atom stereocenters. The topological polar surface area (TPSA) is 52.1 Å². The third kappa shape index (κ3) is 2.45. The van der Waals surface area contributed by atoms with Gasteiger partial charge in [-0.05, 0) is 31.0 Å². The first-order chi connectivity index (χ1) is 9.04. The maximum atomic E-state index is 14.2. The summed E-state index contributed by atoms with van der Waals surface area (Å²) < 4.78 is 18.7. The van der Waals surface area contributed by atoms with Crippen molar-refractivity contribution in [1.29, 1.82) is 0 Å². The van der Waals surface area contributed by atoms with Crippen LogP contribution in [0.15, 0.2) is 24.5 Å². The third-order valence-electron chi connectivity index (χ3n) is 2.95. The molecule has 0 amide bonds. The molecule has 0 aliphatic heterocycles. The van der Waals surface area contributed by atoms with Crippen LogP contribution in [0, 0.1) is 19.7 Å². The van der Waals surface area contributed by atoms with Crippen LogP contribution in [0.3, 0.4) is 0 Å². The first-order valence-electron chi connectivity index (χ1n) is 5.71. The summed E-state index contributed by atoms with van der Waals surface area (Å²) in [5.74, 6) is -1.58. The molecule has 5 heteroatoms. The molecule has 2 aromatic rings. The van der Waals surface area contributed by atoms with Crippen LogP contribution in [0.1, 0.15) is 21.6 Å². The molecule has 0 aliphatic carbocycles. The van der Waals surface area contributed by atoms with Crippen LogP contribution in [0.2, 0.25) is 0 Å². The Morgan fingerprint density at radius 3 is 2.58 bits per heavy atom. The first-order valence-corrected chi connectivity index (χ1v) is 5.71. The van der Waals surface area contributed by atoms with E-state index in [1.54, 1.807) is 6.07 Å². The lowest BCUT2D eigenvalue weighted by atomic mass is 10.0. The lowest BCUT2D eigenvalue weighted by molar-refractivity contribution is 0.0588. The minimum atomic E-state index is -0.815. The van der Waals surface area contributed by atoms with Crippen molar-refractivity contribution in [2.24, 2.45) is 0 Å². The quantitative estimate of drug-likeness (QED) is 0.779. The van der Waals surface area contributed by atoms with Crippen molar-refractivity contribution < 1.29 is 13.9 Å². The lowest BCUT2D eigenvalue weighted by Gasteiger charge is -2.07. The Hall–Kier alpha value is -2.30. The van der Waals surface area contributed by atoms with Crippen LogP contribution >= 0.6 is 0 Å². The third-order valence-corrected chi connectivity index (χ3v) is 2.95. The first kappa shape index (κ1) is 13.1. The van der Waals surface area contributed by atoms with Gasteiger partial charge in [0.05, 0.1) is 7.11 Å². The van der Waals surface area contributed by atoms with Gasteiger partial charge in [0.25, 0.3) is 0 Å². The van der Waals surface area contributed by atoms with Crippen LogP contribution in [0.5, 0.6) is 0 Å². The van der Waals surface area contributed by atoms with Gasteiger partial charge in [-0.1, -0.05) is 12.1 Å². The van der Waals surface area contributed by atoms with Gasteiger partial charge in [-0.3, -0.25) is 0 Å². The number of nitrogens with zero attached hydrogens (tertiary/aromatic N) is 2. The molecule has 4 nitrogen and oxygen atoms in total. The Bertz CT molecular complexity index is 641. The van der Waals surface area contributed by atoms with Crippen LogP contribution in [-0.4, -0.2) is 23.0 Å². The fourth-order valence-corrected chi connectivity index (χ4v) is 1.70. The number of hydrogen-bond donors (Lipinski definition) is 0. The van der Waals surface area contributed by atoms with Crippen molar-refractivity contribution in [3.63, 3.8) is 0 Å². The fraction of sp³-hybridized carbons (Fsp3) is 0.214. The highest BCUT2D eigenvalue weighted by molar-refractivity contribution is 5.88. The molecule has 2 rings (SSSR count). The van der Waals surface area contributed by atoms with Gasteiger partial charge in [0.15, 0.2) is 11.5 Å². The summed E-state index contributed by atoms with van der Waals surface area (Å²) in [5, 5.41) is 0. The van der Waals surface area contributed by atoms with Gasteiger partial charge < -0.3 is 4.74 Å². The van der Waals surface area contributed by atoms with E-state index in [-0.39, 0.29) is 11.4 Å². The smallest absolute Gasteiger partial charge is 0.359 e. The summed E-state index contributed by atoms with van der Waals surface area (Å²) in [7, 11) is 1.18. The van der Waals surface area contributed by atoms with Crippen molar-refractivity contribution in [3.05, 3.63) is 47.2 Å². The molecule has 0 saturated heterocycles. The number of hydrogen-bond acceptors (Lipinski definition) is 4. The molecule has 0 N–H and O–H groups in total. The number of rotatable bonds is 2. The normalized spacial score (nSPS) is 10.3. The van der Waals surface area contributed by atoms with E-state index >= 15 is 0 Å². The van der Waals surface area contributed by atoms with E-state index in [1.807, 2.05) is 26.0 Å². The lowest BCUT2D eigenvalue weighted by Crippen LogP contribution is -2.09. The van der Waals surface area contributed by atoms with Gasteiger partial charge in [-0.25, -0.2) is 19.2 Å². The van der Waals surface area contributed by atoms with Gasteiger partial charge in [-0.2, -0.15) is 0 Å². The van der Waals surface area contributed by atoms with E-state index in [0.717, 1.165) is 17.5 Å². The van der Waals surface area contributed by atoms with E-state index < -0.39 is 11.8 Å². The molecular formula is C14H13FN2O2. The zero-order valence-corrected chi connectivity index (χ0v) is 10.9. The molecule has 0 saturated carbocycles. The average Bonchev–Trinajstić information content (AvgIpc) is 2.41. The number of carbonyl (C=O) groups is 1. The summed E-state index contributed by atoms with van der Waals surface area (Å²) in [6, 6.07) is 5.46. The molecule has 1 aromatic carbocycles. The number of aryl methyl sites for hydroxylation is 2. The Balaban J connectivity index is 2.56. The van der Waals surface area contributed by atoms with Gasteiger partial charge >= 0.3 is 5.97 Å². The van der Waals surface area contributed by atoms with Crippen molar-refractivity contribution in [1.82, 2.24) is 9.97 Å². The summed E-state index contributed by atoms with van der Waals surface area (Å²) in [5.41, 5.74) is 2.47. The molecule has 19 heavy (non-hydrogen) atoms. The summed E-state index contributed by atoms with van der Waals surface area (Å²) in [6.07, 6.45) is 1.15. The number of benzene rings is 1. The molecule has 0 spiro atoms. The van der Waals surface area contributed by atoms with E-state index in [1.165, 1.54) is 7.11 Å². The zero-order chi connectivity index (χ0) is 14.0. The van der Waals surface area contributed by atoms with Crippen molar-refractivity contribution >= 4 is 5.97 Å². The highest BCUT2D eigenvalue weighted by atomic mass is 19.1. The number of methoxy groups -OCH3 is 1. The number of esters is 1. The zero-order valence-electron chi connectivity index (χ0n) is 10.9. The van der Waals surface area contributed by atoms with Gasteiger partial charge in [0.1, 0.15) is 12.0 Å². The standard InChI is InChI=1S/C14H13FN2O2/c1-8-4-5-10(6-9(8)2)12-11(15)13(14(18)19-3)17-7-16-12/h4-7H,1-3H3. The molecule has 0 atom stereocenters. The second-order valence-corrected chi connectivity index (χ2v) is 4.18. The molecule has 0 bridgehead atoms. The average molecular weight is 260 g/mol. The Labute approximate surface area is 110 Å². The minimum Gasteiger partial charge on any atom is -0.464 e. The molecule has 1 aromatic heterocycles. The predicted octanol–water partition coefficient (Wildman–Crippen LogP) is 2.69. The van der Waals surface area contributed by atoms with Crippen molar-refractivity contribution in [2.45, 2.75) is 13.8 Å². The second kappa shape index (κ2) is 5.14. The number of aromatic nitrogens is 2. The van der Waals surface area contributed by atoms with E-state index in [0.29, 0.717) is 5.56 Å². The molecule has 0 aliphatic rings. The Morgan fingerprint density at radius 2 is 1.95 bits per heavy atom. The second-order valence-electron chi connectivity index (χ2n) is 4.18. The van der Waals surface area contributed by atoms with Crippen molar-refractivity contribution in [3.8, 4) is 11.3 Å². The number of ether oxygens (including phenoxy) is 1. The predicted molar refractivity (Wildman–Crippen MR) is 68.2 cm³/mol. The summed E-state index contributed by atoms with van der Waals surface area (Å²) >= 11 is 0. The highest BCUT2D eigenvalue weighted by Gasteiger charge is 2.19. The van der Waals surface area contributed by atoms with Crippen LogP contribution in [-0.2, 0) is 4.74 Å². The van der Waals surface area contributed by atoms with Crippen LogP contribution in [0.4, 0.5) is 4.39 Å². The molecule has 98 valence electrons. The van der Waals surface area contributed by atoms with Gasteiger partial charge in [0, 0.05) is 5.56 Å². The van der Waals surface area contributed by atoms with Gasteiger partial charge in [-0.15, -0.1) is 0 Å². The maximum Gasteiger partial charge on any atom is 0.359 e. The van der Waals surface area contributed by atoms with E-state index in [2.05, 4.69) is 14.7 Å². The Kier molecular flexibility index (Phi) is 3.55. The summed E-state index contributed by atoms with van der Waals surface area (Å²) in [6.45, 7) is 3.90. The van der Waals surface area contributed by atoms with Crippen LogP contribution in [0.25, 0.3) is 11.3 Å². The molecular weight excluding hydrogens is 247 g/mol. The van der Waals surface area contributed by atoms with Crippen LogP contribution < -0.4 is 0 Å². The SMILES string of the molecule is COC(=O)c1ncnc(-c2ccc(C)c(C)c2)c1F. The van der Waals surface area contributed by atoms with Crippen molar-refractivity contribution in [2.75, 3.05) is 7.11 Å². The number of carbonyl (C=O) groups excluding carboxylic acids is 1. The largest absolute Gasteiger partial charge is 0.464 e. The number of halogens is 1. The maximum absolute atomic E-state index is 14.2. The fourth-order valence-electron chi connectivity index (χ4n) is 1.70. The van der Waals surface area contributed by atoms with E-state index in [9.17, 15) is 9.18 Å². The molecule has 1 heterocycles.